The molecule has 1 aliphatic carbocycles. The second kappa shape index (κ2) is 6.73. The van der Waals surface area contributed by atoms with Gasteiger partial charge in [0.25, 0.3) is 0 Å². The SMILES string of the molecule is CC[C@H](C)[C@H](N)C(=O)NC1CCC(C(N)=O)CC1. The van der Waals surface area contributed by atoms with E-state index in [2.05, 4.69) is 5.32 Å². The third-order valence-electron chi connectivity index (χ3n) is 4.04. The summed E-state index contributed by atoms with van der Waals surface area (Å²) in [4.78, 5) is 22.9. The van der Waals surface area contributed by atoms with Gasteiger partial charge in [-0.15, -0.1) is 0 Å². The highest BCUT2D eigenvalue weighted by Gasteiger charge is 2.27. The number of rotatable bonds is 5. The van der Waals surface area contributed by atoms with Crippen LogP contribution in [0.4, 0.5) is 0 Å². The van der Waals surface area contributed by atoms with E-state index in [0.717, 1.165) is 32.1 Å². The Hall–Kier alpha value is -1.10. The van der Waals surface area contributed by atoms with Gasteiger partial charge in [0.05, 0.1) is 6.04 Å². The van der Waals surface area contributed by atoms with Crippen LogP contribution in [0.3, 0.4) is 0 Å². The fourth-order valence-electron chi connectivity index (χ4n) is 2.33. The largest absolute Gasteiger partial charge is 0.369 e. The number of primary amides is 1. The standard InChI is InChI=1S/C13H25N3O2/c1-3-8(2)11(14)13(18)16-10-6-4-9(5-7-10)12(15)17/h8-11H,3-7,14H2,1-2H3,(H2,15,17)(H,16,18)/t8-,9?,10?,11-/m0/s1. The molecule has 104 valence electrons. The molecular formula is C13H25N3O2. The molecule has 5 nitrogen and oxygen atoms in total. The summed E-state index contributed by atoms with van der Waals surface area (Å²) >= 11 is 0. The molecule has 0 spiro atoms. The topological polar surface area (TPSA) is 98.2 Å². The zero-order valence-corrected chi connectivity index (χ0v) is 11.3. The highest BCUT2D eigenvalue weighted by atomic mass is 16.2. The summed E-state index contributed by atoms with van der Waals surface area (Å²) in [5.74, 6) is -0.142. The minimum absolute atomic E-state index is 0.0265. The molecule has 0 heterocycles. The molecule has 18 heavy (non-hydrogen) atoms. The monoisotopic (exact) mass is 255 g/mol. The molecule has 0 saturated heterocycles. The summed E-state index contributed by atoms with van der Waals surface area (Å²) in [5.41, 5.74) is 11.2. The number of carbonyl (C=O) groups is 2. The Labute approximate surface area is 109 Å². The highest BCUT2D eigenvalue weighted by molar-refractivity contribution is 5.82. The first-order chi connectivity index (χ1) is 8.45. The van der Waals surface area contributed by atoms with Crippen LogP contribution in [0.5, 0.6) is 0 Å². The quantitative estimate of drug-likeness (QED) is 0.668. The van der Waals surface area contributed by atoms with Crippen LogP contribution in [0.15, 0.2) is 0 Å². The van der Waals surface area contributed by atoms with Gasteiger partial charge < -0.3 is 16.8 Å². The lowest BCUT2D eigenvalue weighted by Gasteiger charge is -2.29. The lowest BCUT2D eigenvalue weighted by atomic mass is 9.85. The Bertz CT molecular complexity index is 299. The number of hydrogen-bond acceptors (Lipinski definition) is 3. The molecule has 2 amide bonds. The van der Waals surface area contributed by atoms with Crippen LogP contribution >= 0.6 is 0 Å². The zero-order chi connectivity index (χ0) is 13.7. The molecule has 1 saturated carbocycles. The summed E-state index contributed by atoms with van der Waals surface area (Å²) in [7, 11) is 0. The first kappa shape index (κ1) is 15.0. The van der Waals surface area contributed by atoms with Crippen molar-refractivity contribution in [1.29, 1.82) is 0 Å². The second-order valence-electron chi connectivity index (χ2n) is 5.37. The molecule has 0 radical (unpaired) electrons. The maximum absolute atomic E-state index is 11.9. The van der Waals surface area contributed by atoms with Crippen molar-refractivity contribution in [2.75, 3.05) is 0 Å². The van der Waals surface area contributed by atoms with E-state index in [1.165, 1.54) is 0 Å². The average Bonchev–Trinajstić information content (AvgIpc) is 2.37. The summed E-state index contributed by atoms with van der Waals surface area (Å²) in [6.45, 7) is 4.00. The molecule has 0 unspecified atom stereocenters. The van der Waals surface area contributed by atoms with Gasteiger partial charge in [-0.1, -0.05) is 20.3 Å². The van der Waals surface area contributed by atoms with Gasteiger partial charge in [0.1, 0.15) is 0 Å². The number of amides is 2. The lowest BCUT2D eigenvalue weighted by Crippen LogP contribution is -2.49. The second-order valence-corrected chi connectivity index (χ2v) is 5.37. The molecule has 5 heteroatoms. The predicted molar refractivity (Wildman–Crippen MR) is 70.5 cm³/mol. The van der Waals surface area contributed by atoms with Gasteiger partial charge in [-0.3, -0.25) is 9.59 Å². The normalized spacial score (nSPS) is 27.3. The molecule has 0 aliphatic heterocycles. The number of nitrogens with one attached hydrogen (secondary N) is 1. The van der Waals surface area contributed by atoms with Crippen LogP contribution in [0.1, 0.15) is 46.0 Å². The minimum atomic E-state index is -0.441. The van der Waals surface area contributed by atoms with Gasteiger partial charge in [0.15, 0.2) is 0 Å². The van der Waals surface area contributed by atoms with E-state index >= 15 is 0 Å². The maximum Gasteiger partial charge on any atom is 0.237 e. The highest BCUT2D eigenvalue weighted by Crippen LogP contribution is 2.24. The molecule has 5 N–H and O–H groups in total. The van der Waals surface area contributed by atoms with Crippen molar-refractivity contribution in [3.8, 4) is 0 Å². The first-order valence-corrected chi connectivity index (χ1v) is 6.81. The van der Waals surface area contributed by atoms with Crippen molar-refractivity contribution in [3.05, 3.63) is 0 Å². The van der Waals surface area contributed by atoms with Crippen LogP contribution in [-0.4, -0.2) is 23.9 Å². The fraction of sp³-hybridized carbons (Fsp3) is 0.846. The van der Waals surface area contributed by atoms with Crippen LogP contribution in [0.25, 0.3) is 0 Å². The van der Waals surface area contributed by atoms with E-state index in [0.29, 0.717) is 0 Å². The Morgan fingerprint density at radius 1 is 1.28 bits per heavy atom. The fourth-order valence-corrected chi connectivity index (χ4v) is 2.33. The van der Waals surface area contributed by atoms with Crippen molar-refractivity contribution in [2.45, 2.75) is 58.0 Å². The van der Waals surface area contributed by atoms with Crippen LogP contribution in [0, 0.1) is 11.8 Å². The van der Waals surface area contributed by atoms with Crippen LogP contribution in [0.2, 0.25) is 0 Å². The third kappa shape index (κ3) is 3.98. The molecule has 0 bridgehead atoms. The van der Waals surface area contributed by atoms with E-state index in [4.69, 9.17) is 11.5 Å². The van der Waals surface area contributed by atoms with Crippen molar-refractivity contribution in [2.24, 2.45) is 23.3 Å². The molecule has 1 fully saturated rings. The third-order valence-corrected chi connectivity index (χ3v) is 4.04. The average molecular weight is 255 g/mol. The smallest absolute Gasteiger partial charge is 0.237 e. The molecule has 0 aromatic carbocycles. The summed E-state index contributed by atoms with van der Waals surface area (Å²) in [6, 6.07) is -0.299. The Morgan fingerprint density at radius 2 is 1.83 bits per heavy atom. The summed E-state index contributed by atoms with van der Waals surface area (Å²) < 4.78 is 0. The van der Waals surface area contributed by atoms with Crippen LogP contribution < -0.4 is 16.8 Å². The summed E-state index contributed by atoms with van der Waals surface area (Å²) in [5, 5.41) is 2.98. The number of hydrogen-bond donors (Lipinski definition) is 3. The zero-order valence-electron chi connectivity index (χ0n) is 11.3. The van der Waals surface area contributed by atoms with E-state index in [1.807, 2.05) is 13.8 Å². The van der Waals surface area contributed by atoms with Gasteiger partial charge >= 0.3 is 0 Å². The summed E-state index contributed by atoms with van der Waals surface area (Å²) in [6.07, 6.45) is 4.04. The van der Waals surface area contributed by atoms with Gasteiger partial charge in [0.2, 0.25) is 11.8 Å². The Balaban J connectivity index is 2.36. The predicted octanol–water partition coefficient (Wildman–Crippen LogP) is 0.520. The van der Waals surface area contributed by atoms with Gasteiger partial charge in [-0.05, 0) is 31.6 Å². The van der Waals surface area contributed by atoms with Crippen molar-refractivity contribution < 1.29 is 9.59 Å². The van der Waals surface area contributed by atoms with E-state index in [9.17, 15) is 9.59 Å². The van der Waals surface area contributed by atoms with Gasteiger partial charge in [-0.25, -0.2) is 0 Å². The van der Waals surface area contributed by atoms with Crippen molar-refractivity contribution >= 4 is 11.8 Å². The molecule has 1 rings (SSSR count). The van der Waals surface area contributed by atoms with Gasteiger partial charge in [-0.2, -0.15) is 0 Å². The number of carbonyl (C=O) groups excluding carboxylic acids is 2. The minimum Gasteiger partial charge on any atom is -0.369 e. The Kier molecular flexibility index (Phi) is 5.59. The maximum atomic E-state index is 11.9. The molecule has 0 aromatic heterocycles. The van der Waals surface area contributed by atoms with E-state index in [-0.39, 0.29) is 29.7 Å². The first-order valence-electron chi connectivity index (χ1n) is 6.81. The van der Waals surface area contributed by atoms with Crippen molar-refractivity contribution in [3.63, 3.8) is 0 Å². The molecule has 1 aliphatic rings. The van der Waals surface area contributed by atoms with Crippen LogP contribution in [-0.2, 0) is 9.59 Å². The van der Waals surface area contributed by atoms with Crippen molar-refractivity contribution in [1.82, 2.24) is 5.32 Å². The van der Waals surface area contributed by atoms with E-state index < -0.39 is 6.04 Å². The Morgan fingerprint density at radius 3 is 2.28 bits per heavy atom. The molecular weight excluding hydrogens is 230 g/mol. The molecule has 0 aromatic rings. The van der Waals surface area contributed by atoms with E-state index in [1.54, 1.807) is 0 Å². The lowest BCUT2D eigenvalue weighted by molar-refractivity contribution is -0.124. The molecule has 2 atom stereocenters. The van der Waals surface area contributed by atoms with Gasteiger partial charge in [0, 0.05) is 12.0 Å². The number of nitrogens with two attached hydrogens (primary N) is 2.